The Labute approximate surface area is 176 Å². The molecule has 0 aliphatic carbocycles. The first-order valence-electron chi connectivity index (χ1n) is 8.69. The van der Waals surface area contributed by atoms with Crippen LogP contribution >= 0.6 is 11.3 Å². The number of thiazole rings is 1. The highest BCUT2D eigenvalue weighted by Gasteiger charge is 2.18. The van der Waals surface area contributed by atoms with Crippen molar-refractivity contribution in [1.82, 2.24) is 14.8 Å². The van der Waals surface area contributed by atoms with Crippen molar-refractivity contribution < 1.29 is 17.9 Å². The zero-order chi connectivity index (χ0) is 21.3. The van der Waals surface area contributed by atoms with Crippen LogP contribution in [0.2, 0.25) is 0 Å². The second-order valence-electron chi connectivity index (χ2n) is 6.27. The van der Waals surface area contributed by atoms with Gasteiger partial charge in [0, 0.05) is 22.7 Å². The molecule has 0 bridgehead atoms. The zero-order valence-corrected chi connectivity index (χ0v) is 17.4. The van der Waals surface area contributed by atoms with E-state index < -0.39 is 16.0 Å². The minimum atomic E-state index is -3.81. The number of nitrogens with two attached hydrogens (primary N) is 1. The van der Waals surface area contributed by atoms with Gasteiger partial charge < -0.3 is 4.74 Å². The number of hydrogen-bond donors (Lipinski definition) is 1. The van der Waals surface area contributed by atoms with Gasteiger partial charge in [0.1, 0.15) is 5.01 Å². The second-order valence-corrected chi connectivity index (χ2v) is 8.73. The van der Waals surface area contributed by atoms with E-state index in [4.69, 9.17) is 9.88 Å². The molecule has 0 amide bonds. The van der Waals surface area contributed by atoms with Gasteiger partial charge in [-0.05, 0) is 30.3 Å². The van der Waals surface area contributed by atoms with Crippen molar-refractivity contribution in [2.45, 2.75) is 4.90 Å². The normalized spacial score (nSPS) is 11.4. The van der Waals surface area contributed by atoms with Gasteiger partial charge in [-0.25, -0.2) is 28.0 Å². The maximum Gasteiger partial charge on any atom is 0.358 e. The van der Waals surface area contributed by atoms with E-state index in [0.717, 1.165) is 16.1 Å². The van der Waals surface area contributed by atoms with E-state index in [1.165, 1.54) is 19.2 Å². The standard InChI is InChI=1S/C20H16N4O4S2/c1-28-20(25)17-12-18(13-2-4-14(5-3-13)19-22-10-11-29-19)24(23-17)15-6-8-16(9-7-15)30(21,26)27/h2-12H,1H3,(H2,21,26,27). The molecule has 4 aromatic rings. The molecule has 152 valence electrons. The monoisotopic (exact) mass is 440 g/mol. The average molecular weight is 441 g/mol. The molecular formula is C20H16N4O4S2. The minimum Gasteiger partial charge on any atom is -0.464 e. The summed E-state index contributed by atoms with van der Waals surface area (Å²) in [5.41, 5.74) is 3.13. The zero-order valence-electron chi connectivity index (χ0n) is 15.7. The Balaban J connectivity index is 1.79. The lowest BCUT2D eigenvalue weighted by Gasteiger charge is -2.09. The smallest absolute Gasteiger partial charge is 0.358 e. The Morgan fingerprint density at radius 1 is 1.07 bits per heavy atom. The van der Waals surface area contributed by atoms with Crippen LogP contribution in [0.25, 0.3) is 27.5 Å². The van der Waals surface area contributed by atoms with Crippen molar-refractivity contribution in [3.63, 3.8) is 0 Å². The molecule has 0 atom stereocenters. The molecule has 2 aromatic heterocycles. The summed E-state index contributed by atoms with van der Waals surface area (Å²) in [5.74, 6) is -0.574. The van der Waals surface area contributed by atoms with Crippen LogP contribution in [-0.4, -0.2) is 36.3 Å². The molecule has 0 aliphatic rings. The summed E-state index contributed by atoms with van der Waals surface area (Å²) in [5, 5.41) is 12.3. The first-order chi connectivity index (χ1) is 14.4. The lowest BCUT2D eigenvalue weighted by Crippen LogP contribution is -2.12. The molecule has 2 aromatic carbocycles. The summed E-state index contributed by atoms with van der Waals surface area (Å²) in [6.07, 6.45) is 1.75. The largest absolute Gasteiger partial charge is 0.464 e. The van der Waals surface area contributed by atoms with Crippen LogP contribution in [-0.2, 0) is 14.8 Å². The number of carbonyl (C=O) groups is 1. The van der Waals surface area contributed by atoms with Crippen LogP contribution in [0.1, 0.15) is 10.5 Å². The molecule has 8 nitrogen and oxygen atoms in total. The topological polar surface area (TPSA) is 117 Å². The predicted molar refractivity (Wildman–Crippen MR) is 113 cm³/mol. The van der Waals surface area contributed by atoms with Crippen molar-refractivity contribution in [3.8, 4) is 27.5 Å². The Bertz CT molecular complexity index is 1290. The molecule has 0 radical (unpaired) electrons. The molecule has 4 rings (SSSR count). The number of rotatable bonds is 5. The van der Waals surface area contributed by atoms with Crippen LogP contribution in [0.4, 0.5) is 0 Å². The predicted octanol–water partition coefficient (Wildman–Crippen LogP) is 3.10. The van der Waals surface area contributed by atoms with E-state index in [1.807, 2.05) is 29.6 Å². The van der Waals surface area contributed by atoms with E-state index >= 15 is 0 Å². The number of aromatic nitrogens is 3. The number of methoxy groups -OCH3 is 1. The van der Waals surface area contributed by atoms with Gasteiger partial charge in [-0.15, -0.1) is 11.3 Å². The molecule has 0 saturated carbocycles. The molecule has 2 heterocycles. The molecule has 0 aliphatic heterocycles. The number of primary sulfonamides is 1. The van der Waals surface area contributed by atoms with E-state index in [1.54, 1.807) is 40.4 Å². The summed E-state index contributed by atoms with van der Waals surface area (Å²) in [6, 6.07) is 15.2. The molecule has 10 heteroatoms. The van der Waals surface area contributed by atoms with Crippen LogP contribution in [0.15, 0.2) is 71.1 Å². The van der Waals surface area contributed by atoms with Gasteiger partial charge in [0.05, 0.1) is 23.4 Å². The third-order valence-corrected chi connectivity index (χ3v) is 6.13. The van der Waals surface area contributed by atoms with Crippen molar-refractivity contribution in [3.05, 3.63) is 71.9 Å². The Morgan fingerprint density at radius 3 is 2.30 bits per heavy atom. The van der Waals surface area contributed by atoms with E-state index in [-0.39, 0.29) is 10.6 Å². The second kappa shape index (κ2) is 7.82. The number of esters is 1. The number of ether oxygens (including phenoxy) is 1. The first kappa shape index (κ1) is 20.0. The molecule has 0 fully saturated rings. The molecule has 0 saturated heterocycles. The third kappa shape index (κ3) is 3.88. The number of nitrogens with zero attached hydrogens (tertiary/aromatic N) is 3. The van der Waals surface area contributed by atoms with Crippen LogP contribution in [0.3, 0.4) is 0 Å². The lowest BCUT2D eigenvalue weighted by atomic mass is 10.1. The van der Waals surface area contributed by atoms with Gasteiger partial charge >= 0.3 is 5.97 Å². The summed E-state index contributed by atoms with van der Waals surface area (Å²) in [4.78, 5) is 16.3. The summed E-state index contributed by atoms with van der Waals surface area (Å²) in [7, 11) is -2.53. The van der Waals surface area contributed by atoms with E-state index in [9.17, 15) is 13.2 Å². The molecule has 0 spiro atoms. The van der Waals surface area contributed by atoms with Crippen molar-refractivity contribution >= 4 is 27.3 Å². The fourth-order valence-electron chi connectivity index (χ4n) is 2.91. The maximum absolute atomic E-state index is 12.0. The highest BCUT2D eigenvalue weighted by atomic mass is 32.2. The third-order valence-electron chi connectivity index (χ3n) is 4.37. The van der Waals surface area contributed by atoms with E-state index in [0.29, 0.717) is 11.4 Å². The molecule has 30 heavy (non-hydrogen) atoms. The van der Waals surface area contributed by atoms with Crippen molar-refractivity contribution in [2.75, 3.05) is 7.11 Å². The van der Waals surface area contributed by atoms with Crippen LogP contribution in [0, 0.1) is 0 Å². The van der Waals surface area contributed by atoms with Gasteiger partial charge in [0.2, 0.25) is 10.0 Å². The molecule has 2 N–H and O–H groups in total. The fourth-order valence-corrected chi connectivity index (χ4v) is 4.07. The fraction of sp³-hybridized carbons (Fsp3) is 0.0500. The van der Waals surface area contributed by atoms with Gasteiger partial charge in [-0.2, -0.15) is 5.10 Å². The minimum absolute atomic E-state index is 0.0130. The van der Waals surface area contributed by atoms with Crippen LogP contribution in [0.5, 0.6) is 0 Å². The summed E-state index contributed by atoms with van der Waals surface area (Å²) >= 11 is 1.54. The number of sulfonamides is 1. The first-order valence-corrected chi connectivity index (χ1v) is 11.1. The summed E-state index contributed by atoms with van der Waals surface area (Å²) < 4.78 is 29.4. The number of hydrogen-bond acceptors (Lipinski definition) is 7. The highest BCUT2D eigenvalue weighted by Crippen LogP contribution is 2.28. The van der Waals surface area contributed by atoms with Crippen molar-refractivity contribution in [1.29, 1.82) is 0 Å². The number of carbonyl (C=O) groups excluding carboxylic acids is 1. The number of benzene rings is 2. The average Bonchev–Trinajstić information content (AvgIpc) is 3.43. The SMILES string of the molecule is COC(=O)c1cc(-c2ccc(-c3nccs3)cc2)n(-c2ccc(S(N)(=O)=O)cc2)n1. The molecule has 0 unspecified atom stereocenters. The highest BCUT2D eigenvalue weighted by molar-refractivity contribution is 7.89. The summed E-state index contributed by atoms with van der Waals surface area (Å²) in [6.45, 7) is 0. The lowest BCUT2D eigenvalue weighted by molar-refractivity contribution is 0.0593. The molecular weight excluding hydrogens is 424 g/mol. The van der Waals surface area contributed by atoms with Gasteiger partial charge in [0.25, 0.3) is 0 Å². The van der Waals surface area contributed by atoms with Gasteiger partial charge in [-0.1, -0.05) is 24.3 Å². The van der Waals surface area contributed by atoms with E-state index in [2.05, 4.69) is 10.1 Å². The van der Waals surface area contributed by atoms with Gasteiger partial charge in [-0.3, -0.25) is 0 Å². The quantitative estimate of drug-likeness (QED) is 0.477. The van der Waals surface area contributed by atoms with Crippen LogP contribution < -0.4 is 5.14 Å². The van der Waals surface area contributed by atoms with Gasteiger partial charge in [0.15, 0.2) is 5.69 Å². The Hall–Kier alpha value is -3.34. The Kier molecular flexibility index (Phi) is 5.20. The Morgan fingerprint density at radius 2 is 1.73 bits per heavy atom. The maximum atomic E-state index is 12.0. The van der Waals surface area contributed by atoms with Crippen molar-refractivity contribution in [2.24, 2.45) is 5.14 Å².